The first-order valence-corrected chi connectivity index (χ1v) is 11.5. The Balaban J connectivity index is 1.45. The zero-order chi connectivity index (χ0) is 26.4. The molecule has 0 radical (unpaired) electrons. The number of hydrogen-bond donors (Lipinski definition) is 1. The maximum atomic E-state index is 14.9. The van der Waals surface area contributed by atoms with E-state index in [4.69, 9.17) is 4.74 Å². The largest absolute Gasteiger partial charge is 0.522 e. The Kier molecular flexibility index (Phi) is 6.94. The maximum Gasteiger partial charge on any atom is 0.522 e. The number of alkyl halides is 7. The van der Waals surface area contributed by atoms with E-state index in [1.807, 2.05) is 0 Å². The molecule has 4 heterocycles. The summed E-state index contributed by atoms with van der Waals surface area (Å²) in [5.41, 5.74) is -1.23. The molecule has 0 spiro atoms. The van der Waals surface area contributed by atoms with Crippen molar-refractivity contribution in [2.45, 2.75) is 37.3 Å². The molecular formula is C20H19F7N4O4S. The Bertz CT molecular complexity index is 1150. The van der Waals surface area contributed by atoms with Crippen LogP contribution in [0.1, 0.15) is 22.3 Å². The van der Waals surface area contributed by atoms with Crippen molar-refractivity contribution in [3.63, 3.8) is 0 Å². The summed E-state index contributed by atoms with van der Waals surface area (Å²) in [6.07, 6.45) is -15.0. The van der Waals surface area contributed by atoms with Crippen molar-refractivity contribution in [1.82, 2.24) is 15.2 Å². The molecule has 16 heteroatoms. The zero-order valence-corrected chi connectivity index (χ0v) is 19.3. The molecule has 2 saturated heterocycles. The van der Waals surface area contributed by atoms with Crippen molar-refractivity contribution < 1.29 is 49.8 Å². The van der Waals surface area contributed by atoms with Gasteiger partial charge in [0.05, 0.1) is 41.0 Å². The molecule has 8 nitrogen and oxygen atoms in total. The Hall–Kier alpha value is -2.88. The van der Waals surface area contributed by atoms with Crippen molar-refractivity contribution in [2.24, 2.45) is 0 Å². The van der Waals surface area contributed by atoms with Crippen LogP contribution in [0.5, 0.6) is 0 Å². The van der Waals surface area contributed by atoms with Crippen LogP contribution in [0, 0.1) is 0 Å². The lowest BCUT2D eigenvalue weighted by Gasteiger charge is -2.40. The van der Waals surface area contributed by atoms with E-state index in [-0.39, 0.29) is 47.7 Å². The van der Waals surface area contributed by atoms with Gasteiger partial charge in [0.1, 0.15) is 18.0 Å². The van der Waals surface area contributed by atoms with E-state index in [1.54, 1.807) is 0 Å². The van der Waals surface area contributed by atoms with Gasteiger partial charge in [0.2, 0.25) is 0 Å². The molecule has 0 unspecified atom stereocenters. The summed E-state index contributed by atoms with van der Waals surface area (Å²) >= 11 is 0.718. The molecule has 2 aliphatic heterocycles. The molecule has 0 bridgehead atoms. The topological polar surface area (TPSA) is 84.0 Å². The Morgan fingerprint density at radius 3 is 2.44 bits per heavy atom. The number of pyridine rings is 1. The number of halogens is 7. The second-order valence-electron chi connectivity index (χ2n) is 8.20. The predicted molar refractivity (Wildman–Crippen MR) is 113 cm³/mol. The number of likely N-dealkylation sites (tertiary alicyclic amines) is 1. The molecule has 1 N–H and O–H groups in total. The number of carbonyl (C=O) groups excluding carboxylic acids is 2. The van der Waals surface area contributed by atoms with Gasteiger partial charge in [-0.05, 0) is 6.07 Å². The second kappa shape index (κ2) is 9.53. The molecule has 2 aromatic heterocycles. The second-order valence-corrected chi connectivity index (χ2v) is 9.08. The molecule has 0 saturated carbocycles. The van der Waals surface area contributed by atoms with E-state index in [0.29, 0.717) is 0 Å². The van der Waals surface area contributed by atoms with Gasteiger partial charge in [-0.2, -0.15) is 13.2 Å². The number of ether oxygens (including phenoxy) is 2. The third-order valence-corrected chi connectivity index (χ3v) is 6.75. The zero-order valence-electron chi connectivity index (χ0n) is 18.5. The number of carbonyl (C=O) groups is 2. The third kappa shape index (κ3) is 5.43. The molecule has 2 atom stereocenters. The van der Waals surface area contributed by atoms with Crippen LogP contribution in [-0.4, -0.2) is 79.9 Å². The predicted octanol–water partition coefficient (Wildman–Crippen LogP) is 3.95. The molecule has 198 valence electrons. The summed E-state index contributed by atoms with van der Waals surface area (Å²) in [6.45, 7) is -1.21. The monoisotopic (exact) mass is 544 g/mol. The summed E-state index contributed by atoms with van der Waals surface area (Å²) in [7, 11) is 1.32. The summed E-state index contributed by atoms with van der Waals surface area (Å²) < 4.78 is 101. The summed E-state index contributed by atoms with van der Waals surface area (Å²) in [4.78, 5) is 30.6. The molecule has 0 aliphatic carbocycles. The highest BCUT2D eigenvalue weighted by Gasteiger charge is 2.43. The molecule has 2 aromatic rings. The van der Waals surface area contributed by atoms with Crippen molar-refractivity contribution in [1.29, 1.82) is 0 Å². The molecule has 2 fully saturated rings. The molecular weight excluding hydrogens is 525 g/mol. The van der Waals surface area contributed by atoms with Crippen LogP contribution < -0.4 is 10.2 Å². The minimum Gasteiger partial charge on any atom is -0.443 e. The Morgan fingerprint density at radius 1 is 1.17 bits per heavy atom. The van der Waals surface area contributed by atoms with Crippen molar-refractivity contribution in [3.8, 4) is 0 Å². The van der Waals surface area contributed by atoms with Crippen LogP contribution in [0.15, 0.2) is 11.4 Å². The molecule has 36 heavy (non-hydrogen) atoms. The highest BCUT2D eigenvalue weighted by atomic mass is 32.1. The van der Waals surface area contributed by atoms with Crippen LogP contribution in [-0.2, 0) is 15.7 Å². The summed E-state index contributed by atoms with van der Waals surface area (Å²) in [6, 6.07) is 0.784. The Morgan fingerprint density at radius 2 is 1.86 bits per heavy atom. The molecule has 2 aliphatic rings. The van der Waals surface area contributed by atoms with Gasteiger partial charge < -0.3 is 19.9 Å². The van der Waals surface area contributed by atoms with Gasteiger partial charge in [-0.3, -0.25) is 9.53 Å². The average molecular weight is 544 g/mol. The highest BCUT2D eigenvalue weighted by molar-refractivity contribution is 7.17. The van der Waals surface area contributed by atoms with E-state index in [0.717, 1.165) is 22.3 Å². The summed E-state index contributed by atoms with van der Waals surface area (Å²) in [5.74, 6) is -0.817. The van der Waals surface area contributed by atoms with E-state index < -0.39 is 55.0 Å². The quantitative estimate of drug-likeness (QED) is 0.588. The van der Waals surface area contributed by atoms with Crippen molar-refractivity contribution in [2.75, 3.05) is 38.1 Å². The first-order valence-electron chi connectivity index (χ1n) is 10.6. The highest BCUT2D eigenvalue weighted by Crippen LogP contribution is 2.40. The van der Waals surface area contributed by atoms with E-state index in [9.17, 15) is 40.3 Å². The maximum absolute atomic E-state index is 14.9. The minimum absolute atomic E-state index is 0.0204. The fourth-order valence-corrected chi connectivity index (χ4v) is 4.97. The fourth-order valence-electron chi connectivity index (χ4n) is 3.94. The molecule has 4 rings (SSSR count). The third-order valence-electron chi connectivity index (χ3n) is 5.75. The van der Waals surface area contributed by atoms with E-state index in [2.05, 4.69) is 15.0 Å². The SMILES string of the molecule is CNC(=O)c1csc2c(C(F)(F)F)cc(N3CC[C@@H](OC(=O)N4CC(OC(F)(F)F)C4)[C@H](F)C3)nc12. The van der Waals surface area contributed by atoms with Gasteiger partial charge >= 0.3 is 18.6 Å². The lowest BCUT2D eigenvalue weighted by Crippen LogP contribution is -2.57. The number of rotatable bonds is 4. The Labute approximate surface area is 202 Å². The van der Waals surface area contributed by atoms with Crippen LogP contribution in [0.3, 0.4) is 0 Å². The number of hydrogen-bond acceptors (Lipinski definition) is 7. The first-order chi connectivity index (χ1) is 16.8. The van der Waals surface area contributed by atoms with E-state index in [1.165, 1.54) is 17.3 Å². The number of nitrogens with one attached hydrogen (secondary N) is 1. The lowest BCUT2D eigenvalue weighted by atomic mass is 10.1. The van der Waals surface area contributed by atoms with Gasteiger partial charge in [0.15, 0.2) is 6.17 Å². The fraction of sp³-hybridized carbons (Fsp3) is 0.550. The van der Waals surface area contributed by atoms with E-state index >= 15 is 0 Å². The van der Waals surface area contributed by atoms with Gasteiger partial charge in [-0.1, -0.05) is 0 Å². The minimum atomic E-state index is -4.84. The molecule has 0 aromatic carbocycles. The number of amides is 2. The number of anilines is 1. The number of nitrogens with zero attached hydrogens (tertiary/aromatic N) is 3. The smallest absolute Gasteiger partial charge is 0.443 e. The lowest BCUT2D eigenvalue weighted by molar-refractivity contribution is -0.353. The van der Waals surface area contributed by atoms with Gasteiger partial charge in [-0.15, -0.1) is 24.5 Å². The number of fused-ring (bicyclic) bond motifs is 1. The van der Waals surface area contributed by atoms with Crippen molar-refractivity contribution >= 4 is 39.4 Å². The number of piperidine rings is 1. The standard InChI is InChI=1S/C20H19F7N4O4S/c1-28-17(32)10-8-36-16-11(19(22,23)24)4-14(29-15(10)16)30-3-2-13(12(21)7-30)34-18(33)31-5-9(6-31)35-20(25,26)27/h4,8-9,12-13H,2-3,5-7H2,1H3,(H,28,32)/t12-,13-/m1/s1. The normalized spacial score (nSPS) is 21.4. The van der Waals surface area contributed by atoms with Gasteiger partial charge in [0.25, 0.3) is 5.91 Å². The van der Waals surface area contributed by atoms with Crippen LogP contribution in [0.25, 0.3) is 10.2 Å². The van der Waals surface area contributed by atoms with Gasteiger partial charge in [0, 0.05) is 25.4 Å². The number of thiophene rings is 1. The van der Waals surface area contributed by atoms with Crippen LogP contribution in [0.2, 0.25) is 0 Å². The first kappa shape index (κ1) is 26.2. The van der Waals surface area contributed by atoms with Gasteiger partial charge in [-0.25, -0.2) is 14.2 Å². The van der Waals surface area contributed by atoms with Crippen LogP contribution in [0.4, 0.5) is 41.3 Å². The average Bonchev–Trinajstić information content (AvgIpc) is 3.18. The summed E-state index contributed by atoms with van der Waals surface area (Å²) in [5, 5.41) is 3.60. The van der Waals surface area contributed by atoms with Crippen LogP contribution >= 0.6 is 11.3 Å². The molecule has 2 amide bonds. The number of aromatic nitrogens is 1. The van der Waals surface area contributed by atoms with Crippen molar-refractivity contribution in [3.05, 3.63) is 22.6 Å².